The van der Waals surface area contributed by atoms with Gasteiger partial charge in [0.2, 0.25) is 0 Å². The van der Waals surface area contributed by atoms with Gasteiger partial charge < -0.3 is 26.3 Å². The number of aromatic nitrogens is 1. The third-order valence-electron chi connectivity index (χ3n) is 4.18. The minimum absolute atomic E-state index is 0.0405. The first-order valence-electron chi connectivity index (χ1n) is 8.80. The van der Waals surface area contributed by atoms with Crippen LogP contribution in [0.3, 0.4) is 0 Å². The maximum atomic E-state index is 12.3. The third-order valence-corrected chi connectivity index (χ3v) is 4.18. The van der Waals surface area contributed by atoms with Crippen LogP contribution in [0.15, 0.2) is 34.4 Å². The van der Waals surface area contributed by atoms with Crippen LogP contribution in [-0.2, 0) is 0 Å². The lowest BCUT2D eigenvalue weighted by Crippen LogP contribution is -2.98. The van der Waals surface area contributed by atoms with Crippen molar-refractivity contribution in [1.82, 2.24) is 10.3 Å². The molecular formula is C19H26N6O2. The second-order valence-corrected chi connectivity index (χ2v) is 6.23. The van der Waals surface area contributed by atoms with E-state index < -0.39 is 0 Å². The Labute approximate surface area is 158 Å². The van der Waals surface area contributed by atoms with Crippen LogP contribution in [0.4, 0.5) is 11.4 Å². The predicted molar refractivity (Wildman–Crippen MR) is 108 cm³/mol. The SMILES string of the molecule is CCCNC(=O)c1c[nH]c(C(N=CN)=Nc2cc([NH+](C)[O-])ccc2C)c1C. The second-order valence-electron chi connectivity index (χ2n) is 6.23. The van der Waals surface area contributed by atoms with E-state index in [0.717, 1.165) is 23.9 Å². The first-order valence-corrected chi connectivity index (χ1v) is 8.80. The monoisotopic (exact) mass is 370 g/mol. The zero-order chi connectivity index (χ0) is 20.0. The number of amidine groups is 1. The van der Waals surface area contributed by atoms with Crippen LogP contribution in [0.2, 0.25) is 0 Å². The maximum absolute atomic E-state index is 12.3. The van der Waals surface area contributed by atoms with Crippen molar-refractivity contribution in [3.63, 3.8) is 0 Å². The van der Waals surface area contributed by atoms with Gasteiger partial charge in [0.15, 0.2) is 5.84 Å². The Morgan fingerprint density at radius 2 is 2.15 bits per heavy atom. The van der Waals surface area contributed by atoms with E-state index >= 15 is 0 Å². The van der Waals surface area contributed by atoms with E-state index in [-0.39, 0.29) is 11.0 Å². The number of aromatic amines is 1. The van der Waals surface area contributed by atoms with Crippen LogP contribution in [-0.4, -0.2) is 36.7 Å². The van der Waals surface area contributed by atoms with Crippen molar-refractivity contribution in [3.05, 3.63) is 52.0 Å². The van der Waals surface area contributed by atoms with Crippen molar-refractivity contribution in [2.24, 2.45) is 15.7 Å². The maximum Gasteiger partial charge on any atom is 0.253 e. The fourth-order valence-corrected chi connectivity index (χ4v) is 2.58. The summed E-state index contributed by atoms with van der Waals surface area (Å²) in [6, 6.07) is 5.32. The highest BCUT2D eigenvalue weighted by molar-refractivity contribution is 6.07. The van der Waals surface area contributed by atoms with E-state index in [1.165, 1.54) is 7.05 Å². The van der Waals surface area contributed by atoms with E-state index in [0.29, 0.717) is 35.0 Å². The topological polar surface area (TPSA) is 123 Å². The Bertz CT molecular complexity index is 867. The summed E-state index contributed by atoms with van der Waals surface area (Å²) in [6.07, 6.45) is 3.65. The summed E-state index contributed by atoms with van der Waals surface area (Å²) in [5.74, 6) is 0.191. The standard InChI is InChI=1S/C19H26N6O2/c1-5-8-21-19(26)15-10-22-17(13(15)3)18(23-11-20)24-16-9-14(25(4)27)7-6-12(16)2/h6-7,9-11,22,25H,5,8H2,1-4H3,(H,21,26)(H2,20,23,24). The number of hydroxylamine groups is 1. The molecule has 0 aliphatic carbocycles. The molecule has 0 fully saturated rings. The molecule has 1 aromatic carbocycles. The molecule has 0 aliphatic heterocycles. The van der Waals surface area contributed by atoms with Gasteiger partial charge in [-0.3, -0.25) is 4.79 Å². The van der Waals surface area contributed by atoms with Crippen LogP contribution >= 0.6 is 0 Å². The highest BCUT2D eigenvalue weighted by Gasteiger charge is 2.17. The van der Waals surface area contributed by atoms with Crippen molar-refractivity contribution in [2.45, 2.75) is 27.2 Å². The summed E-state index contributed by atoms with van der Waals surface area (Å²) < 4.78 is 0. The smallest absolute Gasteiger partial charge is 0.253 e. The molecule has 27 heavy (non-hydrogen) atoms. The number of benzene rings is 1. The van der Waals surface area contributed by atoms with E-state index in [1.807, 2.05) is 26.8 Å². The molecule has 1 unspecified atom stereocenters. The Morgan fingerprint density at radius 1 is 1.41 bits per heavy atom. The van der Waals surface area contributed by atoms with Crippen LogP contribution in [0.25, 0.3) is 0 Å². The minimum Gasteiger partial charge on any atom is -0.629 e. The van der Waals surface area contributed by atoms with Gasteiger partial charge in [-0.25, -0.2) is 9.98 Å². The molecule has 2 rings (SSSR count). The van der Waals surface area contributed by atoms with Crippen molar-refractivity contribution >= 4 is 29.5 Å². The summed E-state index contributed by atoms with van der Waals surface area (Å²) in [7, 11) is 1.51. The highest BCUT2D eigenvalue weighted by Crippen LogP contribution is 2.24. The summed E-state index contributed by atoms with van der Waals surface area (Å²) in [6.45, 7) is 6.33. The number of carbonyl (C=O) groups is 1. The molecule has 0 bridgehead atoms. The van der Waals surface area contributed by atoms with Crippen LogP contribution in [0.5, 0.6) is 0 Å². The molecule has 0 spiro atoms. The van der Waals surface area contributed by atoms with E-state index in [2.05, 4.69) is 20.3 Å². The lowest BCUT2D eigenvalue weighted by atomic mass is 10.1. The van der Waals surface area contributed by atoms with Crippen LogP contribution in [0, 0.1) is 19.1 Å². The normalized spacial score (nSPS) is 13.1. The average Bonchev–Trinajstić information content (AvgIpc) is 3.02. The van der Waals surface area contributed by atoms with E-state index in [9.17, 15) is 10.0 Å². The molecule has 0 saturated heterocycles. The number of amides is 1. The van der Waals surface area contributed by atoms with Gasteiger partial charge in [-0.05, 0) is 37.5 Å². The first-order chi connectivity index (χ1) is 12.9. The van der Waals surface area contributed by atoms with Crippen LogP contribution in [0.1, 0.15) is 40.5 Å². The van der Waals surface area contributed by atoms with Gasteiger partial charge in [0.25, 0.3) is 5.91 Å². The molecule has 8 nitrogen and oxygen atoms in total. The van der Waals surface area contributed by atoms with E-state index in [4.69, 9.17) is 5.73 Å². The molecule has 1 atom stereocenters. The number of nitrogens with zero attached hydrogens (tertiary/aromatic N) is 2. The van der Waals surface area contributed by atoms with Crippen molar-refractivity contribution in [2.75, 3.05) is 13.6 Å². The number of aliphatic imine (C=N–C) groups is 2. The number of quaternary nitrogens is 1. The molecule has 1 amide bonds. The van der Waals surface area contributed by atoms with Crippen molar-refractivity contribution in [3.8, 4) is 0 Å². The van der Waals surface area contributed by atoms with Gasteiger partial charge in [0.1, 0.15) is 5.69 Å². The van der Waals surface area contributed by atoms with Gasteiger partial charge in [0.05, 0.1) is 30.3 Å². The number of rotatable bonds is 6. The number of nitrogens with one attached hydrogen (secondary N) is 3. The van der Waals surface area contributed by atoms with Gasteiger partial charge >= 0.3 is 0 Å². The van der Waals surface area contributed by atoms with Gasteiger partial charge in [-0.15, -0.1) is 0 Å². The van der Waals surface area contributed by atoms with Gasteiger partial charge in [0, 0.05) is 18.8 Å². The number of hydrogen-bond donors (Lipinski definition) is 4. The molecule has 1 aromatic heterocycles. The van der Waals surface area contributed by atoms with Gasteiger partial charge in [-0.2, -0.15) is 0 Å². The molecule has 0 saturated carbocycles. The van der Waals surface area contributed by atoms with Crippen molar-refractivity contribution < 1.29 is 9.86 Å². The fourth-order valence-electron chi connectivity index (χ4n) is 2.58. The molecule has 2 aromatic rings. The number of H-pyrrole nitrogens is 1. The molecule has 5 N–H and O–H groups in total. The Balaban J connectivity index is 2.47. The van der Waals surface area contributed by atoms with Crippen molar-refractivity contribution in [1.29, 1.82) is 0 Å². The lowest BCUT2D eigenvalue weighted by Gasteiger charge is -2.16. The average molecular weight is 370 g/mol. The Hall–Kier alpha value is -2.97. The number of aryl methyl sites for hydroxylation is 1. The summed E-state index contributed by atoms with van der Waals surface area (Å²) in [4.78, 5) is 24.1. The molecule has 144 valence electrons. The quantitative estimate of drug-likeness (QED) is 0.350. The van der Waals surface area contributed by atoms with E-state index in [1.54, 1.807) is 18.3 Å². The fraction of sp³-hybridized carbons (Fsp3) is 0.316. The number of carbonyl (C=O) groups excluding carboxylic acids is 1. The summed E-state index contributed by atoms with van der Waals surface area (Å²) in [5, 5.41) is 14.5. The molecule has 8 heteroatoms. The number of nitrogens with two attached hydrogens (primary N) is 1. The predicted octanol–water partition coefficient (Wildman–Crippen LogP) is 1.48. The summed E-state index contributed by atoms with van der Waals surface area (Å²) in [5.41, 5.74) is 9.45. The largest absolute Gasteiger partial charge is 0.629 e. The molecule has 1 heterocycles. The Morgan fingerprint density at radius 3 is 2.78 bits per heavy atom. The zero-order valence-corrected chi connectivity index (χ0v) is 16.1. The third kappa shape index (κ3) is 4.81. The van der Waals surface area contributed by atoms with Gasteiger partial charge in [-0.1, -0.05) is 13.0 Å². The van der Waals surface area contributed by atoms with Crippen LogP contribution < -0.4 is 16.1 Å². The molecular weight excluding hydrogens is 344 g/mol. The molecule has 0 aliphatic rings. The number of hydrogen-bond acceptors (Lipinski definition) is 3. The Kier molecular flexibility index (Phi) is 6.86. The first kappa shape index (κ1) is 20.3. The lowest BCUT2D eigenvalue weighted by molar-refractivity contribution is -0.751. The second kappa shape index (κ2) is 9.11. The highest BCUT2D eigenvalue weighted by atomic mass is 16.5. The molecule has 0 radical (unpaired) electrons. The summed E-state index contributed by atoms with van der Waals surface area (Å²) >= 11 is 0. The zero-order valence-electron chi connectivity index (χ0n) is 16.1. The minimum atomic E-state index is -0.150.